The topological polar surface area (TPSA) is 92.7 Å². The van der Waals surface area contributed by atoms with Crippen LogP contribution in [0.2, 0.25) is 0 Å². The van der Waals surface area contributed by atoms with Gasteiger partial charge in [0.25, 0.3) is 11.5 Å². The lowest BCUT2D eigenvalue weighted by molar-refractivity contribution is -0.0328. The van der Waals surface area contributed by atoms with Gasteiger partial charge in [0.1, 0.15) is 5.39 Å². The van der Waals surface area contributed by atoms with Crippen LogP contribution in [0.1, 0.15) is 10.4 Å². The van der Waals surface area contributed by atoms with Crippen LogP contribution in [0.25, 0.3) is 16.7 Å². The predicted octanol–water partition coefficient (Wildman–Crippen LogP) is 3.97. The van der Waals surface area contributed by atoms with Crippen molar-refractivity contribution in [3.63, 3.8) is 0 Å². The van der Waals surface area contributed by atoms with E-state index in [1.165, 1.54) is 41.5 Å². The number of H-pyrrole nitrogens is 1. The number of alkyl halides is 3. The zero-order valence-corrected chi connectivity index (χ0v) is 15.8. The standard InChI is InChI=1S/C19H12F3N5O2S/c20-19(21,22)30-12-7-5-11(6-8-12)17(28)26-14-3-1-2-4-15(14)27-16-13(9-25-27)18(29)24-10-23-16/h1-10H,(H,26,28)(H,23,24,29). The summed E-state index contributed by atoms with van der Waals surface area (Å²) in [5, 5.41) is 7.19. The smallest absolute Gasteiger partial charge is 0.320 e. The average Bonchev–Trinajstić information content (AvgIpc) is 3.13. The summed E-state index contributed by atoms with van der Waals surface area (Å²) in [5.41, 5.74) is -3.37. The van der Waals surface area contributed by atoms with E-state index in [4.69, 9.17) is 0 Å². The quantitative estimate of drug-likeness (QED) is 0.477. The van der Waals surface area contributed by atoms with Crippen molar-refractivity contribution in [1.82, 2.24) is 19.7 Å². The maximum atomic E-state index is 12.6. The Morgan fingerprint density at radius 1 is 1.10 bits per heavy atom. The number of nitrogens with zero attached hydrogens (tertiary/aromatic N) is 3. The van der Waals surface area contributed by atoms with Crippen LogP contribution in [0, 0.1) is 0 Å². The number of hydrogen-bond donors (Lipinski definition) is 2. The average molecular weight is 431 g/mol. The Balaban J connectivity index is 1.62. The van der Waals surface area contributed by atoms with Crippen LogP contribution >= 0.6 is 11.8 Å². The summed E-state index contributed by atoms with van der Waals surface area (Å²) in [6, 6.07) is 11.9. The van der Waals surface area contributed by atoms with E-state index in [-0.39, 0.29) is 33.2 Å². The van der Waals surface area contributed by atoms with Crippen LogP contribution in [0.3, 0.4) is 0 Å². The molecule has 30 heavy (non-hydrogen) atoms. The molecule has 2 N–H and O–H groups in total. The highest BCUT2D eigenvalue weighted by Crippen LogP contribution is 2.36. The van der Waals surface area contributed by atoms with Gasteiger partial charge in [-0.15, -0.1) is 0 Å². The maximum absolute atomic E-state index is 12.6. The third kappa shape index (κ3) is 4.06. The minimum absolute atomic E-state index is 0.0150. The highest BCUT2D eigenvalue weighted by Gasteiger charge is 2.29. The molecule has 2 aromatic carbocycles. The molecule has 0 aliphatic carbocycles. The number of rotatable bonds is 4. The largest absolute Gasteiger partial charge is 0.446 e. The Kier molecular flexibility index (Phi) is 5.04. The molecule has 0 fully saturated rings. The molecule has 0 atom stereocenters. The Labute approximate surface area is 170 Å². The van der Waals surface area contributed by atoms with Crippen LogP contribution < -0.4 is 10.9 Å². The van der Waals surface area contributed by atoms with Gasteiger partial charge < -0.3 is 10.3 Å². The Bertz CT molecular complexity index is 1280. The van der Waals surface area contributed by atoms with E-state index in [1.807, 2.05) is 0 Å². The SMILES string of the molecule is O=C(Nc1ccccc1-n1ncc2c(=O)[nH]cnc21)c1ccc(SC(F)(F)F)cc1. The molecule has 7 nitrogen and oxygen atoms in total. The van der Waals surface area contributed by atoms with E-state index in [2.05, 4.69) is 20.4 Å². The highest BCUT2D eigenvalue weighted by molar-refractivity contribution is 8.00. The number of aromatic amines is 1. The number of carbonyl (C=O) groups excluding carboxylic acids is 1. The lowest BCUT2D eigenvalue weighted by Gasteiger charge is -2.12. The fraction of sp³-hybridized carbons (Fsp3) is 0.0526. The predicted molar refractivity (Wildman–Crippen MR) is 106 cm³/mol. The number of benzene rings is 2. The van der Waals surface area contributed by atoms with Gasteiger partial charge in [-0.25, -0.2) is 9.67 Å². The van der Waals surface area contributed by atoms with Crippen LogP contribution in [0.5, 0.6) is 0 Å². The normalized spacial score (nSPS) is 11.6. The molecule has 0 saturated carbocycles. The first-order valence-electron chi connectivity index (χ1n) is 8.50. The van der Waals surface area contributed by atoms with Gasteiger partial charge in [-0.05, 0) is 48.2 Å². The number of thioether (sulfide) groups is 1. The lowest BCUT2D eigenvalue weighted by Crippen LogP contribution is -2.14. The molecular weight excluding hydrogens is 419 g/mol. The van der Waals surface area contributed by atoms with Crippen LogP contribution in [0.4, 0.5) is 18.9 Å². The summed E-state index contributed by atoms with van der Waals surface area (Å²) in [5.74, 6) is -0.506. The fourth-order valence-corrected chi connectivity index (χ4v) is 3.34. The zero-order valence-electron chi connectivity index (χ0n) is 15.0. The van der Waals surface area contributed by atoms with Crippen LogP contribution in [-0.2, 0) is 0 Å². The summed E-state index contributed by atoms with van der Waals surface area (Å²) >= 11 is -0.250. The number of carbonyl (C=O) groups is 1. The summed E-state index contributed by atoms with van der Waals surface area (Å²) in [4.78, 5) is 31.1. The van der Waals surface area contributed by atoms with E-state index in [1.54, 1.807) is 24.3 Å². The number of amides is 1. The first-order valence-corrected chi connectivity index (χ1v) is 9.31. The van der Waals surface area contributed by atoms with E-state index < -0.39 is 11.4 Å². The second-order valence-electron chi connectivity index (χ2n) is 6.07. The molecule has 0 aliphatic heterocycles. The van der Waals surface area contributed by atoms with Crippen LogP contribution in [0.15, 0.2) is 70.7 Å². The first-order chi connectivity index (χ1) is 14.3. The summed E-state index contributed by atoms with van der Waals surface area (Å²) in [7, 11) is 0. The minimum Gasteiger partial charge on any atom is -0.320 e. The Morgan fingerprint density at radius 2 is 1.83 bits per heavy atom. The van der Waals surface area contributed by atoms with E-state index in [0.717, 1.165) is 0 Å². The van der Waals surface area contributed by atoms with Gasteiger partial charge in [0, 0.05) is 10.5 Å². The molecule has 0 spiro atoms. The number of hydrogen-bond acceptors (Lipinski definition) is 5. The third-order valence-electron chi connectivity index (χ3n) is 4.10. The molecule has 4 rings (SSSR count). The number of fused-ring (bicyclic) bond motifs is 1. The monoisotopic (exact) mass is 431 g/mol. The fourth-order valence-electron chi connectivity index (χ4n) is 2.80. The number of aromatic nitrogens is 4. The van der Waals surface area contributed by atoms with Crippen molar-refractivity contribution in [3.05, 3.63) is 77.0 Å². The van der Waals surface area contributed by atoms with E-state index in [9.17, 15) is 22.8 Å². The molecule has 0 radical (unpaired) electrons. The van der Waals surface area contributed by atoms with Crippen molar-refractivity contribution in [1.29, 1.82) is 0 Å². The second kappa shape index (κ2) is 7.67. The van der Waals surface area contributed by atoms with Crippen molar-refractivity contribution < 1.29 is 18.0 Å². The van der Waals surface area contributed by atoms with Gasteiger partial charge in [-0.3, -0.25) is 9.59 Å². The molecule has 0 bridgehead atoms. The Hall–Kier alpha value is -3.60. The number of halogens is 3. The van der Waals surface area contributed by atoms with Gasteiger partial charge in [0.05, 0.1) is 23.9 Å². The maximum Gasteiger partial charge on any atom is 0.446 e. The lowest BCUT2D eigenvalue weighted by atomic mass is 10.2. The molecule has 0 saturated heterocycles. The van der Waals surface area contributed by atoms with Gasteiger partial charge >= 0.3 is 5.51 Å². The van der Waals surface area contributed by atoms with Gasteiger partial charge in [-0.2, -0.15) is 18.3 Å². The summed E-state index contributed by atoms with van der Waals surface area (Å²) in [6.07, 6.45) is 2.63. The Morgan fingerprint density at radius 3 is 2.57 bits per heavy atom. The molecule has 1 amide bonds. The van der Waals surface area contributed by atoms with Crippen molar-refractivity contribution >= 4 is 34.4 Å². The zero-order chi connectivity index (χ0) is 21.3. The molecule has 0 unspecified atom stereocenters. The second-order valence-corrected chi connectivity index (χ2v) is 7.21. The van der Waals surface area contributed by atoms with Crippen molar-refractivity contribution in [3.8, 4) is 5.69 Å². The van der Waals surface area contributed by atoms with Gasteiger partial charge in [0.15, 0.2) is 5.65 Å². The van der Waals surface area contributed by atoms with Gasteiger partial charge in [0.2, 0.25) is 0 Å². The highest BCUT2D eigenvalue weighted by atomic mass is 32.2. The molecular formula is C19H12F3N5O2S. The number of para-hydroxylation sites is 2. The molecule has 2 aromatic heterocycles. The van der Waals surface area contributed by atoms with Crippen molar-refractivity contribution in [2.45, 2.75) is 10.4 Å². The first kappa shape index (κ1) is 19.7. The number of nitrogens with one attached hydrogen (secondary N) is 2. The summed E-state index contributed by atoms with van der Waals surface area (Å²) in [6.45, 7) is 0. The molecule has 11 heteroatoms. The van der Waals surface area contributed by atoms with E-state index >= 15 is 0 Å². The molecule has 152 valence electrons. The van der Waals surface area contributed by atoms with E-state index in [0.29, 0.717) is 17.0 Å². The molecule has 4 aromatic rings. The van der Waals surface area contributed by atoms with Crippen LogP contribution in [-0.4, -0.2) is 31.2 Å². The minimum atomic E-state index is -4.40. The number of anilines is 1. The summed E-state index contributed by atoms with van der Waals surface area (Å²) < 4.78 is 38.8. The molecule has 0 aliphatic rings. The molecule has 2 heterocycles. The third-order valence-corrected chi connectivity index (χ3v) is 4.84. The van der Waals surface area contributed by atoms with Crippen molar-refractivity contribution in [2.75, 3.05) is 5.32 Å². The van der Waals surface area contributed by atoms with Gasteiger partial charge in [-0.1, -0.05) is 12.1 Å². The van der Waals surface area contributed by atoms with Crippen molar-refractivity contribution in [2.24, 2.45) is 0 Å².